The van der Waals surface area contributed by atoms with E-state index in [0.717, 1.165) is 0 Å². The van der Waals surface area contributed by atoms with Gasteiger partial charge in [0.15, 0.2) is 12.0 Å². The predicted molar refractivity (Wildman–Crippen MR) is 165 cm³/mol. The molecule has 14 heteroatoms. The molecule has 0 saturated heterocycles. The number of nitrogens with zero attached hydrogens (tertiary/aromatic N) is 2. The number of carboxylic acid groups (broad SMARTS) is 1. The molecule has 0 bridgehead atoms. The van der Waals surface area contributed by atoms with E-state index in [1.807, 2.05) is 55.4 Å². The largest absolute Gasteiger partial charge is 0.480 e. The van der Waals surface area contributed by atoms with Crippen LogP contribution in [0.25, 0.3) is 0 Å². The Bertz CT molecular complexity index is 904. The molecule has 12 N–H and O–H groups in total. The van der Waals surface area contributed by atoms with Gasteiger partial charge in [-0.15, -0.1) is 0 Å². The van der Waals surface area contributed by atoms with Crippen LogP contribution >= 0.6 is 0 Å². The molecule has 0 aliphatic carbocycles. The molecule has 0 spiro atoms. The van der Waals surface area contributed by atoms with Crippen molar-refractivity contribution in [2.45, 2.75) is 105 Å². The van der Waals surface area contributed by atoms with E-state index >= 15 is 0 Å². The third-order valence-electron chi connectivity index (χ3n) is 5.82. The summed E-state index contributed by atoms with van der Waals surface area (Å²) in [5, 5.41) is 24.3. The molecule has 0 aliphatic rings. The Morgan fingerprint density at radius 2 is 1.05 bits per heavy atom. The number of carboxylic acids is 1. The van der Waals surface area contributed by atoms with Crippen LogP contribution < -0.4 is 33.2 Å². The lowest BCUT2D eigenvalue weighted by molar-refractivity contribution is -0.406. The first-order valence-corrected chi connectivity index (χ1v) is 14.5. The van der Waals surface area contributed by atoms with Crippen LogP contribution in [0.15, 0.2) is 4.99 Å². The summed E-state index contributed by atoms with van der Waals surface area (Å²) in [6.07, 6.45) is 1.65. The summed E-state index contributed by atoms with van der Waals surface area (Å²) >= 11 is 0. The lowest BCUT2D eigenvalue weighted by Crippen LogP contribution is -2.69. The van der Waals surface area contributed by atoms with Gasteiger partial charge in [-0.2, -0.15) is 4.99 Å². The fraction of sp³-hybridized carbons (Fsp3) is 0.786. The molecule has 14 nitrogen and oxygen atoms in total. The first kappa shape index (κ1) is 40.7. The number of hydrogen-bond acceptors (Lipinski definition) is 5. The van der Waals surface area contributed by atoms with Crippen LogP contribution in [-0.2, 0) is 19.2 Å². The summed E-state index contributed by atoms with van der Waals surface area (Å²) in [6, 6.07) is -3.21. The predicted octanol–water partition coefficient (Wildman–Crippen LogP) is 0.0765. The van der Waals surface area contributed by atoms with Gasteiger partial charge in [-0.25, -0.2) is 4.79 Å². The number of nitrogens with two attached hydrogens (primary N) is 2. The molecule has 4 unspecified atom stereocenters. The fourth-order valence-corrected chi connectivity index (χ4v) is 3.83. The second-order valence-electron chi connectivity index (χ2n) is 12.5. The van der Waals surface area contributed by atoms with Gasteiger partial charge in [0.25, 0.3) is 5.91 Å². The van der Waals surface area contributed by atoms with Crippen LogP contribution in [0.3, 0.4) is 0 Å². The molecule has 0 aromatic carbocycles. The molecule has 244 valence electrons. The van der Waals surface area contributed by atoms with E-state index in [-0.39, 0.29) is 42.0 Å². The average molecular weight is 601 g/mol. The molecule has 0 rings (SSSR count). The van der Waals surface area contributed by atoms with Crippen molar-refractivity contribution in [1.82, 2.24) is 20.9 Å². The van der Waals surface area contributed by atoms with E-state index in [1.54, 1.807) is 19.0 Å². The van der Waals surface area contributed by atoms with E-state index in [0.29, 0.717) is 25.2 Å². The molecular formula is C28H58N9O5+. The van der Waals surface area contributed by atoms with Crippen molar-refractivity contribution in [3.05, 3.63) is 0 Å². The zero-order chi connectivity index (χ0) is 33.3. The van der Waals surface area contributed by atoms with Crippen molar-refractivity contribution in [3.63, 3.8) is 0 Å². The monoisotopic (exact) mass is 600 g/mol. The second kappa shape index (κ2) is 20.5. The van der Waals surface area contributed by atoms with Crippen molar-refractivity contribution in [2.24, 2.45) is 40.1 Å². The molecule has 42 heavy (non-hydrogen) atoms. The van der Waals surface area contributed by atoms with Gasteiger partial charge >= 0.3 is 5.97 Å². The maximum atomic E-state index is 13.1. The van der Waals surface area contributed by atoms with Crippen LogP contribution in [-0.4, -0.2) is 83.9 Å². The molecule has 0 radical (unpaired) electrons. The van der Waals surface area contributed by atoms with Gasteiger partial charge in [-0.3, -0.25) is 19.8 Å². The SMILES string of the molecule is CC(C)CC([NH3+])C(=O)NC(CC(C)C)C(=O)NC(CC(C)C)C(=O)NC(CC(C)C)C(=O)O.CN(C)/C(N)=N/C(=N)N. The van der Waals surface area contributed by atoms with E-state index in [1.165, 1.54) is 0 Å². The third kappa shape index (κ3) is 19.6. The van der Waals surface area contributed by atoms with Crippen LogP contribution in [0.1, 0.15) is 81.1 Å². The number of quaternary nitrogens is 1. The summed E-state index contributed by atoms with van der Waals surface area (Å²) in [6.45, 7) is 15.5. The van der Waals surface area contributed by atoms with E-state index in [4.69, 9.17) is 16.9 Å². The first-order chi connectivity index (χ1) is 19.2. The van der Waals surface area contributed by atoms with Crippen molar-refractivity contribution >= 4 is 35.6 Å². The van der Waals surface area contributed by atoms with Crippen LogP contribution in [0.5, 0.6) is 0 Å². The number of hydrogen-bond donors (Lipinski definition) is 8. The van der Waals surface area contributed by atoms with E-state index < -0.39 is 42.0 Å². The molecule has 4 atom stereocenters. The highest BCUT2D eigenvalue weighted by Crippen LogP contribution is 2.11. The zero-order valence-corrected chi connectivity index (χ0v) is 27.3. The quantitative estimate of drug-likeness (QED) is 0.0942. The fourth-order valence-electron chi connectivity index (χ4n) is 3.83. The molecule has 0 fully saturated rings. The molecule has 0 aromatic rings. The Kier molecular flexibility index (Phi) is 19.8. The summed E-state index contributed by atoms with van der Waals surface area (Å²) in [4.78, 5) is 55.2. The number of rotatable bonds is 15. The van der Waals surface area contributed by atoms with Gasteiger partial charge in [0.1, 0.15) is 18.1 Å². The third-order valence-corrected chi connectivity index (χ3v) is 5.82. The highest BCUT2D eigenvalue weighted by Gasteiger charge is 2.32. The Morgan fingerprint density at radius 1 is 0.714 bits per heavy atom. The van der Waals surface area contributed by atoms with Gasteiger partial charge in [-0.1, -0.05) is 55.4 Å². The number of aliphatic carboxylic acids is 1. The highest BCUT2D eigenvalue weighted by molar-refractivity contribution is 5.94. The lowest BCUT2D eigenvalue weighted by Gasteiger charge is -2.27. The lowest BCUT2D eigenvalue weighted by atomic mass is 9.98. The van der Waals surface area contributed by atoms with E-state index in [9.17, 15) is 24.3 Å². The molecule has 3 amide bonds. The van der Waals surface area contributed by atoms with Crippen molar-refractivity contribution in [3.8, 4) is 0 Å². The smallest absolute Gasteiger partial charge is 0.326 e. The van der Waals surface area contributed by atoms with Gasteiger partial charge in [-0.05, 0) is 42.9 Å². The number of carbonyl (C=O) groups is 4. The zero-order valence-electron chi connectivity index (χ0n) is 27.3. The minimum absolute atomic E-state index is 0.0802. The number of nitrogens with one attached hydrogen (secondary N) is 4. The van der Waals surface area contributed by atoms with E-state index in [2.05, 4.69) is 26.7 Å². The maximum absolute atomic E-state index is 13.1. The Hall–Kier alpha value is -3.42. The number of carbonyl (C=O) groups excluding carboxylic acids is 3. The summed E-state index contributed by atoms with van der Waals surface area (Å²) in [5.74, 6) is -1.83. The topological polar surface area (TPSA) is 244 Å². The summed E-state index contributed by atoms with van der Waals surface area (Å²) in [5.41, 5.74) is 14.1. The Morgan fingerprint density at radius 3 is 1.33 bits per heavy atom. The number of amides is 3. The maximum Gasteiger partial charge on any atom is 0.326 e. The minimum Gasteiger partial charge on any atom is -0.480 e. The number of aliphatic imine (C=N–C) groups is 1. The molecule has 0 saturated carbocycles. The van der Waals surface area contributed by atoms with Gasteiger partial charge in [0.2, 0.25) is 17.8 Å². The normalized spacial score (nSPS) is 14.4. The van der Waals surface area contributed by atoms with Crippen LogP contribution in [0, 0.1) is 29.1 Å². The first-order valence-electron chi connectivity index (χ1n) is 14.5. The second-order valence-corrected chi connectivity index (χ2v) is 12.5. The number of guanidine groups is 2. The molecule has 0 aromatic heterocycles. The summed E-state index contributed by atoms with van der Waals surface area (Å²) < 4.78 is 0. The van der Waals surface area contributed by atoms with Crippen molar-refractivity contribution in [2.75, 3.05) is 14.1 Å². The molecular weight excluding hydrogens is 542 g/mol. The van der Waals surface area contributed by atoms with Crippen molar-refractivity contribution < 1.29 is 30.0 Å². The highest BCUT2D eigenvalue weighted by atomic mass is 16.4. The van der Waals surface area contributed by atoms with Gasteiger partial charge in [0, 0.05) is 20.5 Å². The van der Waals surface area contributed by atoms with Crippen LogP contribution in [0.2, 0.25) is 0 Å². The summed E-state index contributed by atoms with van der Waals surface area (Å²) in [7, 11) is 3.45. The minimum atomic E-state index is -1.11. The van der Waals surface area contributed by atoms with Gasteiger partial charge < -0.3 is 43.2 Å². The van der Waals surface area contributed by atoms with Crippen molar-refractivity contribution in [1.29, 1.82) is 5.41 Å². The molecule has 0 aliphatic heterocycles. The standard InChI is InChI=1S/C24H46N4O5.C4H11N5/c1-13(2)9-17(25)21(29)26-18(10-14(3)4)22(30)27-19(11-15(5)6)23(31)28-20(24(32)33)12-16(7)8;1-9(2)4(7)8-3(5)6/h13-20H,9-12,25H2,1-8H3,(H,26,29)(H,27,30)(H,28,31)(H,32,33);1-2H3,(H5,5,6,7,8)/p+1. The molecule has 0 heterocycles. The Balaban J connectivity index is 0. The average Bonchev–Trinajstić information content (AvgIpc) is 2.81. The van der Waals surface area contributed by atoms with Crippen LogP contribution in [0.4, 0.5) is 0 Å². The Labute approximate surface area is 251 Å². The van der Waals surface area contributed by atoms with Gasteiger partial charge in [0.05, 0.1) is 0 Å².